The highest BCUT2D eigenvalue weighted by Gasteiger charge is 2.40. The zero-order chi connectivity index (χ0) is 22.6. The SMILES string of the molecule is O=C(NC[C@H]1C[C@@H]2CCN1C[C@H]2CN1CCN(c2ccccc2)CC1)Nc1cccc(F)c1. The van der Waals surface area contributed by atoms with E-state index in [2.05, 4.69) is 55.7 Å². The number of carbonyl (C=O) groups excluding carboxylic acids is 1. The Bertz CT molecular complexity index is 933. The van der Waals surface area contributed by atoms with E-state index >= 15 is 0 Å². The van der Waals surface area contributed by atoms with E-state index in [-0.39, 0.29) is 11.8 Å². The van der Waals surface area contributed by atoms with E-state index in [1.807, 2.05) is 0 Å². The number of halogens is 1. The van der Waals surface area contributed by atoms with Gasteiger partial charge in [0.25, 0.3) is 0 Å². The Balaban J connectivity index is 1.06. The van der Waals surface area contributed by atoms with Gasteiger partial charge in [-0.2, -0.15) is 0 Å². The highest BCUT2D eigenvalue weighted by molar-refractivity contribution is 5.89. The molecule has 0 saturated carbocycles. The van der Waals surface area contributed by atoms with Crippen molar-refractivity contribution in [3.63, 3.8) is 0 Å². The van der Waals surface area contributed by atoms with Crippen molar-refractivity contribution in [3.8, 4) is 0 Å². The zero-order valence-corrected chi connectivity index (χ0v) is 19.1. The molecule has 6 nitrogen and oxygen atoms in total. The first-order valence-electron chi connectivity index (χ1n) is 12.2. The average molecular weight is 452 g/mol. The summed E-state index contributed by atoms with van der Waals surface area (Å²) in [5.41, 5.74) is 1.81. The summed E-state index contributed by atoms with van der Waals surface area (Å²) in [6.45, 7) is 8.52. The molecule has 4 fully saturated rings. The van der Waals surface area contributed by atoms with Gasteiger partial charge in [0.2, 0.25) is 0 Å². The number of benzene rings is 2. The molecule has 4 saturated heterocycles. The summed E-state index contributed by atoms with van der Waals surface area (Å²) in [6, 6.07) is 16.8. The molecule has 2 bridgehead atoms. The standard InChI is InChI=1S/C26H34FN5O/c27-22-5-4-6-23(16-22)29-26(33)28-17-25-15-20-9-10-32(25)19-21(20)18-30-11-13-31(14-12-30)24-7-2-1-3-8-24/h1-8,16,20-21,25H,9-15,17-19H2,(H2,28,29,33)/t20-,21+,25+/m0/s1. The van der Waals surface area contributed by atoms with Crippen molar-refractivity contribution >= 4 is 17.4 Å². The molecule has 0 aromatic heterocycles. The van der Waals surface area contributed by atoms with Gasteiger partial charge in [0.1, 0.15) is 5.82 Å². The van der Waals surface area contributed by atoms with Gasteiger partial charge in [0.05, 0.1) is 0 Å². The minimum absolute atomic E-state index is 0.268. The predicted octanol–water partition coefficient (Wildman–Crippen LogP) is 3.48. The number of amides is 2. The average Bonchev–Trinajstić information content (AvgIpc) is 2.84. The van der Waals surface area contributed by atoms with E-state index in [1.165, 1.54) is 30.8 Å². The van der Waals surface area contributed by atoms with Crippen LogP contribution in [0.3, 0.4) is 0 Å². The minimum Gasteiger partial charge on any atom is -0.369 e. The van der Waals surface area contributed by atoms with Crippen LogP contribution in [0.15, 0.2) is 54.6 Å². The van der Waals surface area contributed by atoms with Crippen LogP contribution in [0.5, 0.6) is 0 Å². The van der Waals surface area contributed by atoms with E-state index in [4.69, 9.17) is 0 Å². The molecule has 2 aromatic carbocycles. The number of fused-ring (bicyclic) bond motifs is 3. The molecule has 0 aliphatic carbocycles. The van der Waals surface area contributed by atoms with Crippen LogP contribution in [0.25, 0.3) is 0 Å². The summed E-state index contributed by atoms with van der Waals surface area (Å²) in [4.78, 5) is 20.0. The van der Waals surface area contributed by atoms with Gasteiger partial charge in [-0.05, 0) is 61.6 Å². The summed E-state index contributed by atoms with van der Waals surface area (Å²) in [5.74, 6) is 1.11. The largest absolute Gasteiger partial charge is 0.369 e. The van der Waals surface area contributed by atoms with Crippen LogP contribution < -0.4 is 15.5 Å². The molecule has 6 rings (SSSR count). The van der Waals surface area contributed by atoms with Gasteiger partial charge in [-0.25, -0.2) is 9.18 Å². The zero-order valence-electron chi connectivity index (χ0n) is 19.1. The van der Waals surface area contributed by atoms with E-state index in [1.54, 1.807) is 12.1 Å². The maximum absolute atomic E-state index is 13.3. The number of nitrogens with zero attached hydrogens (tertiary/aromatic N) is 3. The summed E-state index contributed by atoms with van der Waals surface area (Å²) in [7, 11) is 0. The van der Waals surface area contributed by atoms with Crippen molar-refractivity contribution in [2.45, 2.75) is 18.9 Å². The second-order valence-corrected chi connectivity index (χ2v) is 9.66. The number of hydrogen-bond acceptors (Lipinski definition) is 4. The lowest BCUT2D eigenvalue weighted by molar-refractivity contribution is -0.0114. The fourth-order valence-electron chi connectivity index (χ4n) is 5.78. The first-order chi connectivity index (χ1) is 16.1. The molecule has 0 radical (unpaired) electrons. The number of piperazine rings is 1. The van der Waals surface area contributed by atoms with Gasteiger partial charge in [-0.3, -0.25) is 9.80 Å². The number of para-hydroxylation sites is 1. The number of urea groups is 1. The summed E-state index contributed by atoms with van der Waals surface area (Å²) in [6.07, 6.45) is 2.41. The van der Waals surface area contributed by atoms with Crippen LogP contribution in [0, 0.1) is 17.7 Å². The molecule has 33 heavy (non-hydrogen) atoms. The molecule has 4 heterocycles. The maximum Gasteiger partial charge on any atom is 0.319 e. The fourth-order valence-corrected chi connectivity index (χ4v) is 5.78. The van der Waals surface area contributed by atoms with Crippen LogP contribution in [-0.4, -0.2) is 74.2 Å². The number of hydrogen-bond donors (Lipinski definition) is 2. The lowest BCUT2D eigenvalue weighted by Crippen LogP contribution is -2.59. The van der Waals surface area contributed by atoms with Crippen LogP contribution in [0.4, 0.5) is 20.6 Å². The fraction of sp³-hybridized carbons (Fsp3) is 0.500. The Labute approximate surface area is 195 Å². The molecule has 7 heteroatoms. The molecule has 2 aromatic rings. The molecule has 4 atom stereocenters. The number of piperidine rings is 3. The second-order valence-electron chi connectivity index (χ2n) is 9.66. The Morgan fingerprint density at radius 2 is 1.82 bits per heavy atom. The third kappa shape index (κ3) is 5.47. The van der Waals surface area contributed by atoms with Gasteiger partial charge < -0.3 is 15.5 Å². The minimum atomic E-state index is -0.351. The molecule has 2 N–H and O–H groups in total. The second kappa shape index (κ2) is 10.1. The topological polar surface area (TPSA) is 50.9 Å². The Morgan fingerprint density at radius 1 is 1.00 bits per heavy atom. The van der Waals surface area contributed by atoms with Crippen molar-refractivity contribution in [1.82, 2.24) is 15.1 Å². The van der Waals surface area contributed by atoms with E-state index in [0.29, 0.717) is 18.3 Å². The first-order valence-corrected chi connectivity index (χ1v) is 12.2. The van der Waals surface area contributed by atoms with Crippen LogP contribution in [-0.2, 0) is 0 Å². The molecule has 4 aliphatic heterocycles. The molecule has 2 amide bonds. The summed E-state index contributed by atoms with van der Waals surface area (Å²) in [5, 5.41) is 5.72. The number of anilines is 2. The normalized spacial score (nSPS) is 27.4. The number of nitrogens with one attached hydrogen (secondary N) is 2. The van der Waals surface area contributed by atoms with Crippen molar-refractivity contribution in [3.05, 3.63) is 60.4 Å². The molecular formula is C26H34FN5O. The smallest absolute Gasteiger partial charge is 0.319 e. The monoisotopic (exact) mass is 451 g/mol. The molecular weight excluding hydrogens is 417 g/mol. The van der Waals surface area contributed by atoms with Gasteiger partial charge in [0.15, 0.2) is 0 Å². The van der Waals surface area contributed by atoms with Crippen molar-refractivity contribution in [2.75, 3.05) is 62.6 Å². The van der Waals surface area contributed by atoms with Gasteiger partial charge >= 0.3 is 6.03 Å². The Kier molecular flexibility index (Phi) is 6.78. The first kappa shape index (κ1) is 22.2. The highest BCUT2D eigenvalue weighted by atomic mass is 19.1. The summed E-state index contributed by atoms with van der Waals surface area (Å²) < 4.78 is 13.3. The van der Waals surface area contributed by atoms with Gasteiger partial charge in [-0.1, -0.05) is 24.3 Å². The van der Waals surface area contributed by atoms with Crippen molar-refractivity contribution < 1.29 is 9.18 Å². The number of rotatable bonds is 6. The number of carbonyl (C=O) groups is 1. The molecule has 1 unspecified atom stereocenters. The molecule has 0 spiro atoms. The van der Waals surface area contributed by atoms with Crippen molar-refractivity contribution in [2.24, 2.45) is 11.8 Å². The van der Waals surface area contributed by atoms with Gasteiger partial charge in [-0.15, -0.1) is 0 Å². The molecule has 176 valence electrons. The van der Waals surface area contributed by atoms with E-state index in [0.717, 1.165) is 57.5 Å². The van der Waals surface area contributed by atoms with Crippen LogP contribution >= 0.6 is 0 Å². The lowest BCUT2D eigenvalue weighted by Gasteiger charge is -2.51. The third-order valence-electron chi connectivity index (χ3n) is 7.58. The lowest BCUT2D eigenvalue weighted by atomic mass is 9.75. The molecule has 4 aliphatic rings. The predicted molar refractivity (Wildman–Crippen MR) is 130 cm³/mol. The quantitative estimate of drug-likeness (QED) is 0.706. The van der Waals surface area contributed by atoms with Gasteiger partial charge in [0, 0.05) is 63.2 Å². The van der Waals surface area contributed by atoms with E-state index in [9.17, 15) is 9.18 Å². The third-order valence-corrected chi connectivity index (χ3v) is 7.58. The van der Waals surface area contributed by atoms with E-state index < -0.39 is 0 Å². The van der Waals surface area contributed by atoms with Crippen LogP contribution in [0.2, 0.25) is 0 Å². The maximum atomic E-state index is 13.3. The Morgan fingerprint density at radius 3 is 2.55 bits per heavy atom. The Hall–Kier alpha value is -2.64. The highest BCUT2D eigenvalue weighted by Crippen LogP contribution is 2.36. The summed E-state index contributed by atoms with van der Waals surface area (Å²) >= 11 is 0. The van der Waals surface area contributed by atoms with Crippen molar-refractivity contribution in [1.29, 1.82) is 0 Å². The van der Waals surface area contributed by atoms with Crippen LogP contribution in [0.1, 0.15) is 12.8 Å².